The fraction of sp³-hybridized carbons (Fsp3) is 0. The van der Waals surface area contributed by atoms with Gasteiger partial charge in [0.1, 0.15) is 17.3 Å². The lowest BCUT2D eigenvalue weighted by atomic mass is 10.1. The first-order valence-corrected chi connectivity index (χ1v) is 9.19. The molecule has 28 heavy (non-hydrogen) atoms. The van der Waals surface area contributed by atoms with E-state index in [0.29, 0.717) is 27.1 Å². The predicted molar refractivity (Wildman–Crippen MR) is 111 cm³/mol. The van der Waals surface area contributed by atoms with Crippen LogP contribution in [0, 0.1) is 5.82 Å². The molecule has 1 aliphatic heterocycles. The first-order valence-electron chi connectivity index (χ1n) is 8.43. The lowest BCUT2D eigenvalue weighted by Crippen LogP contribution is -2.32. The summed E-state index contributed by atoms with van der Waals surface area (Å²) in [4.78, 5) is 19.1. The Morgan fingerprint density at radius 2 is 1.39 bits per heavy atom. The van der Waals surface area contributed by atoms with Gasteiger partial charge in [-0.25, -0.2) is 9.38 Å². The minimum Gasteiger partial charge on any atom is -0.266 e. The van der Waals surface area contributed by atoms with Crippen molar-refractivity contribution in [3.63, 3.8) is 0 Å². The number of amides is 1. The van der Waals surface area contributed by atoms with Gasteiger partial charge in [-0.2, -0.15) is 0 Å². The summed E-state index contributed by atoms with van der Waals surface area (Å²) in [7, 11) is 0. The molecular weight excluding hydrogens is 398 g/mol. The van der Waals surface area contributed by atoms with Gasteiger partial charge in [-0.15, -0.1) is 0 Å². The number of amidine groups is 1. The summed E-state index contributed by atoms with van der Waals surface area (Å²) in [5.74, 6) is -0.215. The third-order valence-electron chi connectivity index (χ3n) is 4.22. The zero-order valence-electron chi connectivity index (χ0n) is 14.4. The first kappa shape index (κ1) is 18.4. The van der Waals surface area contributed by atoms with E-state index in [1.807, 2.05) is 0 Å². The largest absolute Gasteiger partial charge is 0.282 e. The molecule has 3 aromatic carbocycles. The maximum atomic E-state index is 13.4. The highest BCUT2D eigenvalue weighted by atomic mass is 35.5. The topological polar surface area (TPSA) is 32.7 Å². The van der Waals surface area contributed by atoms with E-state index in [0.717, 1.165) is 5.56 Å². The van der Waals surface area contributed by atoms with Crippen molar-refractivity contribution in [2.45, 2.75) is 0 Å². The summed E-state index contributed by atoms with van der Waals surface area (Å²) < 4.78 is 13.4. The number of rotatable bonds is 3. The molecule has 1 aliphatic rings. The van der Waals surface area contributed by atoms with Gasteiger partial charge in [-0.05, 0) is 72.3 Å². The molecule has 0 aliphatic carbocycles. The van der Waals surface area contributed by atoms with E-state index in [2.05, 4.69) is 4.99 Å². The summed E-state index contributed by atoms with van der Waals surface area (Å²) in [6, 6.07) is 19.8. The van der Waals surface area contributed by atoms with E-state index in [1.165, 1.54) is 17.0 Å². The van der Waals surface area contributed by atoms with Crippen LogP contribution in [0.1, 0.15) is 11.1 Å². The molecule has 3 aromatic rings. The number of benzene rings is 3. The molecule has 0 N–H and O–H groups in total. The molecule has 0 atom stereocenters. The molecule has 138 valence electrons. The van der Waals surface area contributed by atoms with E-state index in [9.17, 15) is 9.18 Å². The smallest absolute Gasteiger partial charge is 0.266 e. The Balaban J connectivity index is 1.81. The number of hydrogen-bond acceptors (Lipinski definition) is 2. The van der Waals surface area contributed by atoms with E-state index >= 15 is 0 Å². The molecule has 0 saturated heterocycles. The fourth-order valence-corrected chi connectivity index (χ4v) is 3.11. The Kier molecular flexibility index (Phi) is 4.99. The molecule has 0 fully saturated rings. The average Bonchev–Trinajstić information content (AvgIpc) is 3.01. The average molecular weight is 411 g/mol. The number of hydrogen-bond donors (Lipinski definition) is 0. The number of aliphatic imine (C=N–C) groups is 1. The standard InChI is InChI=1S/C22H13Cl2FN2O/c23-16-5-1-14(2-6-16)13-20-22(28)27(19-11-7-17(24)8-12-19)21(26-20)15-3-9-18(25)10-4-15/h1-13H/b20-13+. The quantitative estimate of drug-likeness (QED) is 0.489. The molecule has 0 saturated carbocycles. The van der Waals surface area contributed by atoms with Crippen LogP contribution in [-0.4, -0.2) is 11.7 Å². The Morgan fingerprint density at radius 3 is 2.00 bits per heavy atom. The summed E-state index contributed by atoms with van der Waals surface area (Å²) >= 11 is 11.9. The number of halogens is 3. The van der Waals surface area contributed by atoms with Crippen molar-refractivity contribution < 1.29 is 9.18 Å². The first-order chi connectivity index (χ1) is 13.5. The van der Waals surface area contributed by atoms with Crippen molar-refractivity contribution in [3.8, 4) is 0 Å². The zero-order valence-corrected chi connectivity index (χ0v) is 16.0. The van der Waals surface area contributed by atoms with Gasteiger partial charge in [-0.3, -0.25) is 9.69 Å². The molecule has 1 amide bonds. The maximum absolute atomic E-state index is 13.4. The van der Waals surface area contributed by atoms with E-state index in [1.54, 1.807) is 66.7 Å². The molecule has 0 radical (unpaired) electrons. The van der Waals surface area contributed by atoms with Crippen LogP contribution in [0.3, 0.4) is 0 Å². The Morgan fingerprint density at radius 1 is 0.821 bits per heavy atom. The number of carbonyl (C=O) groups excluding carboxylic acids is 1. The maximum Gasteiger partial charge on any atom is 0.282 e. The third kappa shape index (κ3) is 3.70. The van der Waals surface area contributed by atoms with E-state index in [-0.39, 0.29) is 17.4 Å². The van der Waals surface area contributed by atoms with Crippen LogP contribution in [0.2, 0.25) is 10.0 Å². The molecule has 0 bridgehead atoms. The van der Waals surface area contributed by atoms with Gasteiger partial charge < -0.3 is 0 Å². The Bertz CT molecular complexity index is 1090. The minimum atomic E-state index is -0.358. The van der Waals surface area contributed by atoms with Crippen molar-refractivity contribution in [3.05, 3.63) is 105 Å². The monoisotopic (exact) mass is 410 g/mol. The highest BCUT2D eigenvalue weighted by Crippen LogP contribution is 2.29. The van der Waals surface area contributed by atoms with Crippen LogP contribution >= 0.6 is 23.2 Å². The summed E-state index contributed by atoms with van der Waals surface area (Å²) in [5.41, 5.74) is 2.32. The molecule has 6 heteroatoms. The third-order valence-corrected chi connectivity index (χ3v) is 4.72. The van der Waals surface area contributed by atoms with E-state index < -0.39 is 0 Å². The molecular formula is C22H13Cl2FN2O. The van der Waals surface area contributed by atoms with Crippen LogP contribution in [0.25, 0.3) is 6.08 Å². The van der Waals surface area contributed by atoms with Crippen LogP contribution in [0.5, 0.6) is 0 Å². The number of nitrogens with zero attached hydrogens (tertiary/aromatic N) is 2. The van der Waals surface area contributed by atoms with Crippen molar-refractivity contribution in [1.82, 2.24) is 0 Å². The second-order valence-electron chi connectivity index (χ2n) is 6.14. The lowest BCUT2D eigenvalue weighted by molar-refractivity contribution is -0.113. The molecule has 0 spiro atoms. The highest BCUT2D eigenvalue weighted by molar-refractivity contribution is 6.34. The predicted octanol–water partition coefficient (Wildman–Crippen LogP) is 5.97. The second-order valence-corrected chi connectivity index (χ2v) is 7.01. The SMILES string of the molecule is O=C1/C(=C\c2ccc(Cl)cc2)N=C(c2ccc(F)cc2)N1c1ccc(Cl)cc1. The molecule has 0 unspecified atom stereocenters. The summed E-state index contributed by atoms with van der Waals surface area (Å²) in [6.45, 7) is 0. The van der Waals surface area contributed by atoms with Gasteiger partial charge in [0.2, 0.25) is 0 Å². The Hall–Kier alpha value is -2.95. The summed E-state index contributed by atoms with van der Waals surface area (Å²) in [6.07, 6.45) is 1.69. The fourth-order valence-electron chi connectivity index (χ4n) is 2.86. The van der Waals surface area contributed by atoms with Gasteiger partial charge in [0.25, 0.3) is 5.91 Å². The van der Waals surface area contributed by atoms with Crippen LogP contribution in [0.4, 0.5) is 10.1 Å². The number of carbonyl (C=O) groups is 1. The normalized spacial score (nSPS) is 15.2. The van der Waals surface area contributed by atoms with Crippen LogP contribution in [-0.2, 0) is 4.79 Å². The van der Waals surface area contributed by atoms with Crippen molar-refractivity contribution >= 4 is 46.7 Å². The van der Waals surface area contributed by atoms with Gasteiger partial charge in [0.15, 0.2) is 0 Å². The second kappa shape index (κ2) is 7.58. The molecule has 0 aromatic heterocycles. The highest BCUT2D eigenvalue weighted by Gasteiger charge is 2.32. The van der Waals surface area contributed by atoms with Crippen molar-refractivity contribution in [2.24, 2.45) is 4.99 Å². The number of anilines is 1. The van der Waals surface area contributed by atoms with Crippen molar-refractivity contribution in [2.75, 3.05) is 4.90 Å². The van der Waals surface area contributed by atoms with Gasteiger partial charge in [0, 0.05) is 15.6 Å². The molecule has 4 rings (SSSR count). The van der Waals surface area contributed by atoms with Crippen LogP contribution in [0.15, 0.2) is 83.5 Å². The lowest BCUT2D eigenvalue weighted by Gasteiger charge is -2.18. The van der Waals surface area contributed by atoms with Gasteiger partial charge in [-0.1, -0.05) is 35.3 Å². The van der Waals surface area contributed by atoms with E-state index in [4.69, 9.17) is 23.2 Å². The minimum absolute atomic E-state index is 0.275. The molecule has 3 nitrogen and oxygen atoms in total. The van der Waals surface area contributed by atoms with Crippen molar-refractivity contribution in [1.29, 1.82) is 0 Å². The van der Waals surface area contributed by atoms with Gasteiger partial charge in [0.05, 0.1) is 5.69 Å². The Labute approximate surface area is 171 Å². The molecule has 1 heterocycles. The van der Waals surface area contributed by atoms with Gasteiger partial charge >= 0.3 is 0 Å². The van der Waals surface area contributed by atoms with Crippen LogP contribution < -0.4 is 4.90 Å². The zero-order chi connectivity index (χ0) is 19.7. The summed E-state index contributed by atoms with van der Waals surface area (Å²) in [5, 5.41) is 1.17.